The van der Waals surface area contributed by atoms with Crippen molar-refractivity contribution in [2.75, 3.05) is 37.9 Å². The standard InChI is InChI=1S/C18H23BrClN4O3P/c1-4-26-28(25,27-5-2)10-6-9-24(3)17-16-15(22-18(20)23-17)13-11-12(19)7-8-14(13)21-16/h7-8,11,21H,4-6,9-10H2,1-3H3. The third-order valence-electron chi connectivity index (χ3n) is 4.30. The Labute approximate surface area is 177 Å². The maximum absolute atomic E-state index is 12.6. The van der Waals surface area contributed by atoms with Crippen molar-refractivity contribution in [3.05, 3.63) is 28.0 Å². The molecule has 1 aromatic carbocycles. The van der Waals surface area contributed by atoms with Crippen molar-refractivity contribution in [1.29, 1.82) is 0 Å². The van der Waals surface area contributed by atoms with Crippen molar-refractivity contribution in [2.45, 2.75) is 20.3 Å². The van der Waals surface area contributed by atoms with E-state index in [2.05, 4.69) is 30.9 Å². The maximum Gasteiger partial charge on any atom is 0.330 e. The van der Waals surface area contributed by atoms with Crippen LogP contribution in [0.25, 0.3) is 21.9 Å². The molecule has 152 valence electrons. The van der Waals surface area contributed by atoms with Crippen molar-refractivity contribution < 1.29 is 13.6 Å². The molecule has 0 atom stereocenters. The Balaban J connectivity index is 1.84. The highest BCUT2D eigenvalue weighted by atomic mass is 79.9. The van der Waals surface area contributed by atoms with Crippen LogP contribution in [0.3, 0.4) is 0 Å². The van der Waals surface area contributed by atoms with Gasteiger partial charge in [-0.25, -0.2) is 4.98 Å². The lowest BCUT2D eigenvalue weighted by Crippen LogP contribution is -2.21. The molecular formula is C18H23BrClN4O3P. The summed E-state index contributed by atoms with van der Waals surface area (Å²) in [6.07, 6.45) is 0.975. The van der Waals surface area contributed by atoms with Crippen LogP contribution in [0.15, 0.2) is 22.7 Å². The molecule has 0 radical (unpaired) electrons. The molecule has 0 aliphatic rings. The van der Waals surface area contributed by atoms with Crippen molar-refractivity contribution in [2.24, 2.45) is 0 Å². The van der Waals surface area contributed by atoms with E-state index in [0.717, 1.165) is 26.4 Å². The Kier molecular flexibility index (Phi) is 6.99. The average Bonchev–Trinajstić information content (AvgIpc) is 2.99. The summed E-state index contributed by atoms with van der Waals surface area (Å²) in [6.45, 7) is 4.96. The largest absolute Gasteiger partial charge is 0.358 e. The summed E-state index contributed by atoms with van der Waals surface area (Å²) >= 11 is 9.69. The Hall–Kier alpha value is -1.18. The average molecular weight is 490 g/mol. The van der Waals surface area contributed by atoms with Gasteiger partial charge in [0.15, 0.2) is 5.82 Å². The predicted octanol–water partition coefficient (Wildman–Crippen LogP) is 5.62. The zero-order valence-electron chi connectivity index (χ0n) is 16.0. The molecular weight excluding hydrogens is 467 g/mol. The highest BCUT2D eigenvalue weighted by Crippen LogP contribution is 2.48. The molecule has 0 bridgehead atoms. The van der Waals surface area contributed by atoms with Gasteiger partial charge in [0.05, 0.1) is 19.4 Å². The number of hydrogen-bond acceptors (Lipinski definition) is 6. The van der Waals surface area contributed by atoms with Crippen LogP contribution in [0, 0.1) is 0 Å². The fourth-order valence-electron chi connectivity index (χ4n) is 3.13. The molecule has 0 aliphatic carbocycles. The van der Waals surface area contributed by atoms with Gasteiger partial charge in [0.25, 0.3) is 0 Å². The molecule has 3 rings (SSSR count). The van der Waals surface area contributed by atoms with Crippen LogP contribution < -0.4 is 4.90 Å². The minimum Gasteiger partial charge on any atom is -0.358 e. The predicted molar refractivity (Wildman–Crippen MR) is 118 cm³/mol. The molecule has 0 amide bonds. The van der Waals surface area contributed by atoms with Gasteiger partial charge in [-0.2, -0.15) is 4.98 Å². The lowest BCUT2D eigenvalue weighted by atomic mass is 10.2. The molecule has 0 saturated heterocycles. The summed E-state index contributed by atoms with van der Waals surface area (Å²) in [5.74, 6) is 0.699. The van der Waals surface area contributed by atoms with Crippen molar-refractivity contribution in [1.82, 2.24) is 15.0 Å². The number of benzene rings is 1. The van der Waals surface area contributed by atoms with E-state index < -0.39 is 7.60 Å². The van der Waals surface area contributed by atoms with E-state index in [0.29, 0.717) is 38.2 Å². The Bertz CT molecular complexity index is 1020. The monoisotopic (exact) mass is 488 g/mol. The molecule has 28 heavy (non-hydrogen) atoms. The topological polar surface area (TPSA) is 80.3 Å². The van der Waals surface area contributed by atoms with Crippen LogP contribution >= 0.6 is 35.1 Å². The van der Waals surface area contributed by atoms with Crippen LogP contribution in [-0.2, 0) is 13.6 Å². The van der Waals surface area contributed by atoms with Gasteiger partial charge in [-0.05, 0) is 50.1 Å². The molecule has 0 spiro atoms. The minimum absolute atomic E-state index is 0.185. The van der Waals surface area contributed by atoms with Gasteiger partial charge in [0.2, 0.25) is 5.28 Å². The third-order valence-corrected chi connectivity index (χ3v) is 7.13. The second-order valence-corrected chi connectivity index (χ2v) is 9.74. The molecule has 2 heterocycles. The smallest absolute Gasteiger partial charge is 0.330 e. The normalized spacial score (nSPS) is 12.2. The number of rotatable bonds is 9. The van der Waals surface area contributed by atoms with Gasteiger partial charge >= 0.3 is 7.60 Å². The SMILES string of the molecule is CCOP(=O)(CCCN(C)c1nc(Cl)nc2c1[nH]c1ccc(Br)cc12)OCC. The third kappa shape index (κ3) is 4.69. The number of aromatic nitrogens is 3. The lowest BCUT2D eigenvalue weighted by Gasteiger charge is -2.21. The van der Waals surface area contributed by atoms with Crippen LogP contribution in [0.1, 0.15) is 20.3 Å². The van der Waals surface area contributed by atoms with E-state index in [1.54, 1.807) is 0 Å². The van der Waals surface area contributed by atoms with Crippen LogP contribution in [0.4, 0.5) is 5.82 Å². The summed E-state index contributed by atoms with van der Waals surface area (Å²) in [7, 11) is -1.13. The van der Waals surface area contributed by atoms with Crippen LogP contribution in [0.2, 0.25) is 5.28 Å². The van der Waals surface area contributed by atoms with E-state index in [1.807, 2.05) is 44.0 Å². The number of aromatic amines is 1. The number of H-pyrrole nitrogens is 1. The summed E-state index contributed by atoms with van der Waals surface area (Å²) < 4.78 is 24.3. The van der Waals surface area contributed by atoms with Crippen LogP contribution in [-0.4, -0.2) is 47.9 Å². The summed E-state index contributed by atoms with van der Waals surface area (Å²) in [4.78, 5) is 14.2. The molecule has 0 aliphatic heterocycles. The number of halogens is 2. The quantitative estimate of drug-likeness (QED) is 0.310. The first-order valence-electron chi connectivity index (χ1n) is 9.10. The summed E-state index contributed by atoms with van der Waals surface area (Å²) in [5, 5.41) is 1.16. The second-order valence-electron chi connectivity index (χ2n) is 6.30. The number of anilines is 1. The van der Waals surface area contributed by atoms with E-state index in [-0.39, 0.29) is 5.28 Å². The fraction of sp³-hybridized carbons (Fsp3) is 0.444. The van der Waals surface area contributed by atoms with Gasteiger partial charge in [-0.1, -0.05) is 15.9 Å². The molecule has 3 aromatic rings. The van der Waals surface area contributed by atoms with Crippen LogP contribution in [0.5, 0.6) is 0 Å². The summed E-state index contributed by atoms with van der Waals surface area (Å²) in [6, 6.07) is 5.95. The summed E-state index contributed by atoms with van der Waals surface area (Å²) in [5.41, 5.74) is 2.55. The van der Waals surface area contributed by atoms with Gasteiger partial charge in [0.1, 0.15) is 11.0 Å². The number of nitrogens with zero attached hydrogens (tertiary/aromatic N) is 3. The minimum atomic E-state index is -3.05. The van der Waals surface area contributed by atoms with E-state index in [1.165, 1.54) is 0 Å². The Morgan fingerprint density at radius 1 is 1.25 bits per heavy atom. The van der Waals surface area contributed by atoms with Gasteiger partial charge in [0, 0.05) is 29.0 Å². The molecule has 1 N–H and O–H groups in total. The zero-order chi connectivity index (χ0) is 20.3. The lowest BCUT2D eigenvalue weighted by molar-refractivity contribution is 0.220. The van der Waals surface area contributed by atoms with E-state index in [9.17, 15) is 4.57 Å². The molecule has 0 fully saturated rings. The molecule has 7 nitrogen and oxygen atoms in total. The molecule has 0 unspecified atom stereocenters. The first-order chi connectivity index (χ1) is 13.4. The van der Waals surface area contributed by atoms with Crippen molar-refractivity contribution >= 4 is 62.9 Å². The van der Waals surface area contributed by atoms with E-state index in [4.69, 9.17) is 20.6 Å². The number of hydrogen-bond donors (Lipinski definition) is 1. The fourth-order valence-corrected chi connectivity index (χ4v) is 5.31. The Morgan fingerprint density at radius 2 is 1.96 bits per heavy atom. The number of nitrogens with one attached hydrogen (secondary N) is 1. The van der Waals surface area contributed by atoms with Gasteiger partial charge < -0.3 is 18.9 Å². The van der Waals surface area contributed by atoms with Crippen molar-refractivity contribution in [3.63, 3.8) is 0 Å². The number of fused-ring (bicyclic) bond motifs is 3. The first-order valence-corrected chi connectivity index (χ1v) is 12.0. The first kappa shape index (κ1) is 21.5. The van der Waals surface area contributed by atoms with Gasteiger partial charge in [-0.15, -0.1) is 0 Å². The van der Waals surface area contributed by atoms with E-state index >= 15 is 0 Å². The molecule has 2 aromatic heterocycles. The Morgan fingerprint density at radius 3 is 2.64 bits per heavy atom. The van der Waals surface area contributed by atoms with Crippen molar-refractivity contribution in [3.8, 4) is 0 Å². The van der Waals surface area contributed by atoms with Gasteiger partial charge in [-0.3, -0.25) is 4.57 Å². The molecule has 10 heteroatoms. The second kappa shape index (κ2) is 9.09. The maximum atomic E-state index is 12.6. The zero-order valence-corrected chi connectivity index (χ0v) is 19.3. The highest BCUT2D eigenvalue weighted by Gasteiger charge is 2.23. The highest BCUT2D eigenvalue weighted by molar-refractivity contribution is 9.10. The molecule has 0 saturated carbocycles.